The largest absolute Gasteiger partial charge is 0.480 e. The number of hydrogen-bond donors (Lipinski definition) is 1. The lowest BCUT2D eigenvalue weighted by Gasteiger charge is -2.19. The lowest BCUT2D eigenvalue weighted by atomic mass is 10.3. The van der Waals surface area contributed by atoms with Crippen molar-refractivity contribution in [1.82, 2.24) is 8.87 Å². The van der Waals surface area contributed by atoms with Gasteiger partial charge in [0.15, 0.2) is 5.58 Å². The number of aryl methyl sites for hydroxylation is 1. The molecule has 9 heteroatoms. The monoisotopic (exact) mass is 342 g/mol. The maximum absolute atomic E-state index is 12.6. The van der Waals surface area contributed by atoms with Crippen molar-refractivity contribution in [2.24, 2.45) is 0 Å². The number of rotatable bonds is 7. The van der Waals surface area contributed by atoms with Crippen LogP contribution < -0.4 is 5.76 Å². The average Bonchev–Trinajstić information content (AvgIpc) is 2.80. The molecule has 0 atom stereocenters. The number of carboxylic acids is 1. The summed E-state index contributed by atoms with van der Waals surface area (Å²) in [7, 11) is -3.98. The van der Waals surface area contributed by atoms with Gasteiger partial charge in [-0.05, 0) is 25.5 Å². The number of aliphatic carboxylic acids is 1. The number of nitrogens with zero attached hydrogens (tertiary/aromatic N) is 2. The third-order valence-corrected chi connectivity index (χ3v) is 5.22. The quantitative estimate of drug-likeness (QED) is 0.807. The van der Waals surface area contributed by atoms with Crippen molar-refractivity contribution in [3.05, 3.63) is 28.7 Å². The first-order chi connectivity index (χ1) is 10.8. The molecule has 0 bridgehead atoms. The van der Waals surface area contributed by atoms with E-state index >= 15 is 0 Å². The second kappa shape index (κ2) is 6.55. The zero-order valence-electron chi connectivity index (χ0n) is 12.9. The predicted octanol–water partition coefficient (Wildman–Crippen LogP) is 1.10. The van der Waals surface area contributed by atoms with Gasteiger partial charge >= 0.3 is 11.7 Å². The summed E-state index contributed by atoms with van der Waals surface area (Å²) in [6.45, 7) is 3.41. The van der Waals surface area contributed by atoms with E-state index in [-0.39, 0.29) is 17.0 Å². The van der Waals surface area contributed by atoms with E-state index in [2.05, 4.69) is 0 Å². The van der Waals surface area contributed by atoms with Gasteiger partial charge < -0.3 is 9.52 Å². The van der Waals surface area contributed by atoms with Crippen molar-refractivity contribution >= 4 is 27.1 Å². The van der Waals surface area contributed by atoms with E-state index in [9.17, 15) is 18.0 Å². The maximum Gasteiger partial charge on any atom is 0.419 e. The van der Waals surface area contributed by atoms with Gasteiger partial charge in [-0.2, -0.15) is 4.31 Å². The Balaban J connectivity index is 2.52. The summed E-state index contributed by atoms with van der Waals surface area (Å²) >= 11 is 0. The first-order valence-corrected chi connectivity index (χ1v) is 8.60. The molecule has 1 heterocycles. The van der Waals surface area contributed by atoms with Gasteiger partial charge in [-0.25, -0.2) is 13.2 Å². The number of carbonyl (C=O) groups is 1. The van der Waals surface area contributed by atoms with Crippen LogP contribution >= 0.6 is 0 Å². The fourth-order valence-corrected chi connectivity index (χ4v) is 3.84. The second-order valence-electron chi connectivity index (χ2n) is 4.97. The van der Waals surface area contributed by atoms with Gasteiger partial charge in [0, 0.05) is 19.2 Å². The van der Waals surface area contributed by atoms with Gasteiger partial charge in [-0.3, -0.25) is 9.36 Å². The van der Waals surface area contributed by atoms with Crippen LogP contribution in [-0.2, 0) is 21.4 Å². The van der Waals surface area contributed by atoms with E-state index in [1.54, 1.807) is 13.8 Å². The van der Waals surface area contributed by atoms with Gasteiger partial charge in [0.2, 0.25) is 10.0 Å². The Morgan fingerprint density at radius 3 is 2.61 bits per heavy atom. The van der Waals surface area contributed by atoms with Crippen LogP contribution in [-0.4, -0.2) is 41.5 Å². The van der Waals surface area contributed by atoms with Crippen molar-refractivity contribution in [3.8, 4) is 0 Å². The molecule has 126 valence electrons. The highest BCUT2D eigenvalue weighted by Crippen LogP contribution is 2.21. The smallest absolute Gasteiger partial charge is 0.419 e. The number of carboxylic acid groups (broad SMARTS) is 1. The second-order valence-corrected chi connectivity index (χ2v) is 6.91. The van der Waals surface area contributed by atoms with Crippen LogP contribution in [0.1, 0.15) is 20.3 Å². The fourth-order valence-electron chi connectivity index (χ4n) is 2.34. The van der Waals surface area contributed by atoms with Crippen LogP contribution in [0.25, 0.3) is 11.1 Å². The van der Waals surface area contributed by atoms with Crippen molar-refractivity contribution in [3.63, 3.8) is 0 Å². The molecule has 8 nitrogen and oxygen atoms in total. The maximum atomic E-state index is 12.6. The molecule has 0 amide bonds. The lowest BCUT2D eigenvalue weighted by molar-refractivity contribution is -0.137. The molecule has 1 aromatic carbocycles. The molecule has 23 heavy (non-hydrogen) atoms. The molecule has 0 aliphatic rings. The number of aromatic nitrogens is 1. The Labute approximate surface area is 133 Å². The topological polar surface area (TPSA) is 110 Å². The molecule has 2 aromatic rings. The summed E-state index contributed by atoms with van der Waals surface area (Å²) in [6, 6.07) is 4.09. The highest BCUT2D eigenvalue weighted by Gasteiger charge is 2.26. The summed E-state index contributed by atoms with van der Waals surface area (Å²) in [4.78, 5) is 22.5. The number of fused-ring (bicyclic) bond motifs is 1. The van der Waals surface area contributed by atoms with Crippen LogP contribution in [0.4, 0.5) is 0 Å². The Morgan fingerprint density at radius 2 is 2.04 bits per heavy atom. The summed E-state index contributed by atoms with van der Waals surface area (Å²) in [5.74, 6) is -1.79. The molecule has 0 radical (unpaired) electrons. The van der Waals surface area contributed by atoms with E-state index in [1.807, 2.05) is 0 Å². The van der Waals surface area contributed by atoms with Crippen LogP contribution in [0.15, 0.2) is 32.3 Å². The molecule has 1 N–H and O–H groups in total. The van der Waals surface area contributed by atoms with Gasteiger partial charge in [0.1, 0.15) is 6.54 Å². The average molecular weight is 342 g/mol. The third-order valence-electron chi connectivity index (χ3n) is 3.38. The molecule has 0 unspecified atom stereocenters. The standard InChI is InChI=1S/C14H18N2O6S/c1-3-7-15(9-13(17)18)23(20,21)10-5-6-11-12(8-10)22-14(19)16(11)4-2/h5-6,8H,3-4,7,9H2,1-2H3,(H,17,18). The molecule has 0 spiro atoms. The normalized spacial score (nSPS) is 12.1. The van der Waals surface area contributed by atoms with Gasteiger partial charge in [-0.1, -0.05) is 6.92 Å². The molecular weight excluding hydrogens is 324 g/mol. The van der Waals surface area contributed by atoms with Gasteiger partial charge in [0.05, 0.1) is 10.4 Å². The molecule has 0 saturated carbocycles. The minimum atomic E-state index is -3.98. The molecule has 0 saturated heterocycles. The lowest BCUT2D eigenvalue weighted by Crippen LogP contribution is -2.36. The SMILES string of the molecule is CCCN(CC(=O)O)S(=O)(=O)c1ccc2c(c1)oc(=O)n2CC. The van der Waals surface area contributed by atoms with Gasteiger partial charge in [0.25, 0.3) is 0 Å². The minimum Gasteiger partial charge on any atom is -0.480 e. The zero-order valence-corrected chi connectivity index (χ0v) is 13.7. The number of hydrogen-bond acceptors (Lipinski definition) is 5. The summed E-state index contributed by atoms with van der Waals surface area (Å²) in [6.07, 6.45) is 0.482. The minimum absolute atomic E-state index is 0.0899. The fraction of sp³-hybridized carbons (Fsp3) is 0.429. The molecule has 0 aliphatic heterocycles. The van der Waals surface area contributed by atoms with Crippen molar-refractivity contribution in [1.29, 1.82) is 0 Å². The summed E-state index contributed by atoms with van der Waals surface area (Å²) in [5.41, 5.74) is 0.654. The Hall–Kier alpha value is -2.13. The third kappa shape index (κ3) is 3.30. The van der Waals surface area contributed by atoms with E-state index in [0.29, 0.717) is 18.5 Å². The van der Waals surface area contributed by atoms with Crippen molar-refractivity contribution in [2.75, 3.05) is 13.1 Å². The summed E-state index contributed by atoms with van der Waals surface area (Å²) in [5, 5.41) is 8.89. The molecule has 0 aliphatic carbocycles. The van der Waals surface area contributed by atoms with E-state index < -0.39 is 28.3 Å². The van der Waals surface area contributed by atoms with Crippen molar-refractivity contribution < 1.29 is 22.7 Å². The van der Waals surface area contributed by atoms with Crippen LogP contribution in [0.5, 0.6) is 0 Å². The number of sulfonamides is 1. The number of oxazole rings is 1. The molecular formula is C14H18N2O6S. The first kappa shape index (κ1) is 17.2. The highest BCUT2D eigenvalue weighted by atomic mass is 32.2. The Bertz CT molecular complexity index is 880. The van der Waals surface area contributed by atoms with Crippen LogP contribution in [0, 0.1) is 0 Å². The van der Waals surface area contributed by atoms with E-state index in [4.69, 9.17) is 9.52 Å². The number of benzene rings is 1. The molecule has 0 fully saturated rings. The molecule has 2 rings (SSSR count). The molecule has 1 aromatic heterocycles. The van der Waals surface area contributed by atoms with Crippen LogP contribution in [0.2, 0.25) is 0 Å². The van der Waals surface area contributed by atoms with Crippen molar-refractivity contribution in [2.45, 2.75) is 31.7 Å². The summed E-state index contributed by atoms with van der Waals surface area (Å²) < 4.78 is 32.5. The van der Waals surface area contributed by atoms with Crippen LogP contribution in [0.3, 0.4) is 0 Å². The highest BCUT2D eigenvalue weighted by molar-refractivity contribution is 7.89. The Morgan fingerprint density at radius 1 is 1.35 bits per heavy atom. The van der Waals surface area contributed by atoms with Gasteiger partial charge in [-0.15, -0.1) is 0 Å². The predicted molar refractivity (Wildman–Crippen MR) is 82.8 cm³/mol. The Kier molecular flexibility index (Phi) is 4.90. The zero-order chi connectivity index (χ0) is 17.2. The van der Waals surface area contributed by atoms with E-state index in [0.717, 1.165) is 4.31 Å². The first-order valence-electron chi connectivity index (χ1n) is 7.16. The van der Waals surface area contributed by atoms with E-state index in [1.165, 1.54) is 22.8 Å².